The number of anilines is 1. The molecule has 0 saturated carbocycles. The maximum Gasteiger partial charge on any atom is 0.291 e. The molecule has 0 spiro atoms. The van der Waals surface area contributed by atoms with Crippen LogP contribution in [0.2, 0.25) is 0 Å². The molecule has 23 heavy (non-hydrogen) atoms. The monoisotopic (exact) mass is 316 g/mol. The van der Waals surface area contributed by atoms with Crippen LogP contribution in [0.5, 0.6) is 0 Å². The van der Waals surface area contributed by atoms with Gasteiger partial charge in [-0.15, -0.1) is 0 Å². The summed E-state index contributed by atoms with van der Waals surface area (Å²) in [5.74, 6) is -0.410. The molecule has 122 valence electrons. The zero-order valence-corrected chi connectivity index (χ0v) is 12.9. The largest absolute Gasteiger partial charge is 0.459 e. The first-order valence-corrected chi connectivity index (χ1v) is 7.50. The number of carbonyl (C=O) groups is 2. The molecule has 0 bridgehead atoms. The fraction of sp³-hybridized carbons (Fsp3) is 0.294. The lowest BCUT2D eigenvalue weighted by Gasteiger charge is -2.16. The molecular formula is C17H20N2O4. The van der Waals surface area contributed by atoms with Gasteiger partial charge in [-0.25, -0.2) is 0 Å². The topological polar surface area (TPSA) is 91.6 Å². The van der Waals surface area contributed by atoms with Gasteiger partial charge >= 0.3 is 0 Å². The molecule has 6 heteroatoms. The molecular weight excluding hydrogens is 296 g/mol. The number of carbonyl (C=O) groups excluding carboxylic acids is 2. The fourth-order valence-corrected chi connectivity index (χ4v) is 2.14. The van der Waals surface area contributed by atoms with E-state index in [1.165, 1.54) is 6.26 Å². The Morgan fingerprint density at radius 2 is 2.04 bits per heavy atom. The van der Waals surface area contributed by atoms with Crippen molar-refractivity contribution in [2.75, 3.05) is 11.9 Å². The molecule has 2 rings (SSSR count). The van der Waals surface area contributed by atoms with E-state index in [-0.39, 0.29) is 30.2 Å². The Morgan fingerprint density at radius 1 is 1.22 bits per heavy atom. The van der Waals surface area contributed by atoms with Crippen molar-refractivity contribution in [3.8, 4) is 0 Å². The predicted molar refractivity (Wildman–Crippen MR) is 86.4 cm³/mol. The third kappa shape index (κ3) is 4.69. The van der Waals surface area contributed by atoms with Crippen molar-refractivity contribution < 1.29 is 19.1 Å². The minimum atomic E-state index is -0.376. The molecule has 0 saturated heterocycles. The summed E-state index contributed by atoms with van der Waals surface area (Å²) in [6.45, 7) is 1.97. The van der Waals surface area contributed by atoms with E-state index < -0.39 is 0 Å². The number of hydrogen-bond acceptors (Lipinski definition) is 4. The van der Waals surface area contributed by atoms with E-state index in [2.05, 4.69) is 10.6 Å². The SMILES string of the molecule is CCC(CCO)NC(=O)c1cccc(NC(=O)c2ccco2)c1. The van der Waals surface area contributed by atoms with Crippen molar-refractivity contribution in [2.45, 2.75) is 25.8 Å². The maximum absolute atomic E-state index is 12.2. The summed E-state index contributed by atoms with van der Waals surface area (Å²) < 4.78 is 5.02. The van der Waals surface area contributed by atoms with Gasteiger partial charge in [0.15, 0.2) is 5.76 Å². The van der Waals surface area contributed by atoms with Crippen LogP contribution >= 0.6 is 0 Å². The molecule has 2 aromatic rings. The second-order valence-electron chi connectivity index (χ2n) is 5.10. The molecule has 0 aliphatic carbocycles. The molecule has 0 radical (unpaired) electrons. The number of furan rings is 1. The lowest BCUT2D eigenvalue weighted by atomic mass is 10.1. The first-order chi connectivity index (χ1) is 11.1. The molecule has 1 aromatic carbocycles. The quantitative estimate of drug-likeness (QED) is 0.731. The molecule has 1 atom stereocenters. The Hall–Kier alpha value is -2.60. The number of aliphatic hydroxyl groups excluding tert-OH is 1. The second-order valence-corrected chi connectivity index (χ2v) is 5.10. The fourth-order valence-electron chi connectivity index (χ4n) is 2.14. The number of amides is 2. The Morgan fingerprint density at radius 3 is 2.70 bits per heavy atom. The Bertz CT molecular complexity index is 652. The third-order valence-corrected chi connectivity index (χ3v) is 3.43. The Labute approximate surface area is 134 Å². The smallest absolute Gasteiger partial charge is 0.291 e. The Kier molecular flexibility index (Phi) is 5.94. The van der Waals surface area contributed by atoms with Crippen LogP contribution in [0.4, 0.5) is 5.69 Å². The summed E-state index contributed by atoms with van der Waals surface area (Å²) >= 11 is 0. The van der Waals surface area contributed by atoms with E-state index in [4.69, 9.17) is 9.52 Å². The van der Waals surface area contributed by atoms with E-state index in [0.29, 0.717) is 17.7 Å². The van der Waals surface area contributed by atoms with Gasteiger partial charge in [-0.05, 0) is 43.2 Å². The van der Waals surface area contributed by atoms with E-state index in [1.54, 1.807) is 36.4 Å². The summed E-state index contributed by atoms with van der Waals surface area (Å²) in [6.07, 6.45) is 2.67. The van der Waals surface area contributed by atoms with Crippen LogP contribution in [0.3, 0.4) is 0 Å². The van der Waals surface area contributed by atoms with Crippen LogP contribution in [-0.4, -0.2) is 29.6 Å². The molecule has 2 amide bonds. The van der Waals surface area contributed by atoms with Crippen LogP contribution in [-0.2, 0) is 0 Å². The number of benzene rings is 1. The van der Waals surface area contributed by atoms with E-state index in [9.17, 15) is 9.59 Å². The van der Waals surface area contributed by atoms with Gasteiger partial charge in [0.25, 0.3) is 11.8 Å². The summed E-state index contributed by atoms with van der Waals surface area (Å²) in [6, 6.07) is 9.78. The lowest BCUT2D eigenvalue weighted by Crippen LogP contribution is -2.35. The Balaban J connectivity index is 2.04. The molecule has 1 heterocycles. The summed E-state index contributed by atoms with van der Waals surface area (Å²) in [5.41, 5.74) is 0.952. The standard InChI is InChI=1S/C17H20N2O4/c1-2-13(8-9-20)18-16(21)12-5-3-6-14(11-12)19-17(22)15-7-4-10-23-15/h3-7,10-11,13,20H,2,8-9H2,1H3,(H,18,21)(H,19,22). The summed E-state index contributed by atoms with van der Waals surface area (Å²) in [5, 5.41) is 14.5. The first-order valence-electron chi connectivity index (χ1n) is 7.50. The van der Waals surface area contributed by atoms with Gasteiger partial charge < -0.3 is 20.2 Å². The van der Waals surface area contributed by atoms with Crippen molar-refractivity contribution in [1.29, 1.82) is 0 Å². The van der Waals surface area contributed by atoms with Crippen molar-refractivity contribution in [3.63, 3.8) is 0 Å². The average molecular weight is 316 g/mol. The van der Waals surface area contributed by atoms with Crippen molar-refractivity contribution in [1.82, 2.24) is 5.32 Å². The highest BCUT2D eigenvalue weighted by Gasteiger charge is 2.13. The summed E-state index contributed by atoms with van der Waals surface area (Å²) in [7, 11) is 0. The van der Waals surface area contributed by atoms with E-state index in [1.807, 2.05) is 6.92 Å². The van der Waals surface area contributed by atoms with Gasteiger partial charge in [-0.3, -0.25) is 9.59 Å². The average Bonchev–Trinajstić information content (AvgIpc) is 3.09. The molecule has 0 aliphatic heterocycles. The van der Waals surface area contributed by atoms with E-state index >= 15 is 0 Å². The zero-order chi connectivity index (χ0) is 16.7. The lowest BCUT2D eigenvalue weighted by molar-refractivity contribution is 0.0927. The molecule has 1 unspecified atom stereocenters. The second kappa shape index (κ2) is 8.14. The number of rotatable bonds is 7. The molecule has 1 aromatic heterocycles. The van der Waals surface area contributed by atoms with Gasteiger partial charge in [0.05, 0.1) is 6.26 Å². The van der Waals surface area contributed by atoms with Crippen molar-refractivity contribution in [3.05, 3.63) is 54.0 Å². The van der Waals surface area contributed by atoms with Crippen LogP contribution in [0.1, 0.15) is 40.7 Å². The van der Waals surface area contributed by atoms with Gasteiger partial charge in [0, 0.05) is 23.9 Å². The van der Waals surface area contributed by atoms with Gasteiger partial charge in [-0.2, -0.15) is 0 Å². The normalized spacial score (nSPS) is 11.7. The molecule has 3 N–H and O–H groups in total. The highest BCUT2D eigenvalue weighted by atomic mass is 16.3. The van der Waals surface area contributed by atoms with Crippen molar-refractivity contribution >= 4 is 17.5 Å². The van der Waals surface area contributed by atoms with Crippen LogP contribution in [0, 0.1) is 0 Å². The maximum atomic E-state index is 12.2. The van der Waals surface area contributed by atoms with Crippen LogP contribution < -0.4 is 10.6 Å². The highest BCUT2D eigenvalue weighted by molar-refractivity contribution is 6.03. The molecule has 0 fully saturated rings. The zero-order valence-electron chi connectivity index (χ0n) is 12.9. The van der Waals surface area contributed by atoms with Gasteiger partial charge in [0.1, 0.15) is 0 Å². The van der Waals surface area contributed by atoms with Crippen LogP contribution in [0.25, 0.3) is 0 Å². The summed E-state index contributed by atoms with van der Waals surface area (Å²) in [4.78, 5) is 24.2. The van der Waals surface area contributed by atoms with Gasteiger partial charge in [-0.1, -0.05) is 13.0 Å². The minimum Gasteiger partial charge on any atom is -0.459 e. The van der Waals surface area contributed by atoms with Gasteiger partial charge in [0.2, 0.25) is 0 Å². The third-order valence-electron chi connectivity index (χ3n) is 3.43. The van der Waals surface area contributed by atoms with E-state index in [0.717, 1.165) is 6.42 Å². The van der Waals surface area contributed by atoms with Crippen molar-refractivity contribution in [2.24, 2.45) is 0 Å². The minimum absolute atomic E-state index is 0.0258. The molecule has 6 nitrogen and oxygen atoms in total. The number of nitrogens with one attached hydrogen (secondary N) is 2. The number of aliphatic hydroxyl groups is 1. The molecule has 0 aliphatic rings. The van der Waals surface area contributed by atoms with Crippen LogP contribution in [0.15, 0.2) is 47.1 Å². The predicted octanol–water partition coefficient (Wildman–Crippen LogP) is 2.42. The number of hydrogen-bond donors (Lipinski definition) is 3. The highest BCUT2D eigenvalue weighted by Crippen LogP contribution is 2.13. The first kappa shape index (κ1) is 16.8.